The van der Waals surface area contributed by atoms with Crippen molar-refractivity contribution in [1.82, 2.24) is 9.29 Å². The van der Waals surface area contributed by atoms with Gasteiger partial charge < -0.3 is 4.90 Å². The largest absolute Gasteiger partial charge is 0.304 e. The van der Waals surface area contributed by atoms with Crippen LogP contribution in [0.1, 0.15) is 18.7 Å². The first kappa shape index (κ1) is 19.3. The minimum atomic E-state index is -3.59. The molecule has 1 amide bonds. The molecular formula is C17H21N3O3S2. The summed E-state index contributed by atoms with van der Waals surface area (Å²) < 4.78 is 26.8. The van der Waals surface area contributed by atoms with Crippen LogP contribution >= 0.6 is 11.3 Å². The van der Waals surface area contributed by atoms with Crippen molar-refractivity contribution in [3.05, 3.63) is 53.5 Å². The summed E-state index contributed by atoms with van der Waals surface area (Å²) in [6.07, 6.45) is 2.90. The summed E-state index contributed by atoms with van der Waals surface area (Å²) in [6.45, 7) is 8.21. The lowest BCUT2D eigenvalue weighted by Crippen LogP contribution is -2.31. The maximum atomic E-state index is 12.7. The molecule has 1 aromatic carbocycles. The predicted molar refractivity (Wildman–Crippen MR) is 100 cm³/mol. The molecule has 0 aliphatic carbocycles. The van der Waals surface area contributed by atoms with E-state index in [1.807, 2.05) is 0 Å². The predicted octanol–water partition coefficient (Wildman–Crippen LogP) is 2.89. The van der Waals surface area contributed by atoms with Crippen LogP contribution in [0.5, 0.6) is 0 Å². The summed E-state index contributed by atoms with van der Waals surface area (Å²) in [7, 11) is -3.59. The van der Waals surface area contributed by atoms with Crippen LogP contribution < -0.4 is 4.90 Å². The second-order valence-corrected chi connectivity index (χ2v) is 8.09. The van der Waals surface area contributed by atoms with Crippen LogP contribution in [0.4, 0.5) is 5.69 Å². The van der Waals surface area contributed by atoms with Gasteiger partial charge in [-0.2, -0.15) is 4.31 Å². The summed E-state index contributed by atoms with van der Waals surface area (Å²) in [5, 5.41) is 0. The topological polar surface area (TPSA) is 70.6 Å². The lowest BCUT2D eigenvalue weighted by atomic mass is 10.2. The molecule has 0 saturated heterocycles. The Morgan fingerprint density at radius 3 is 2.60 bits per heavy atom. The third-order valence-corrected chi connectivity index (χ3v) is 6.52. The molecule has 0 saturated carbocycles. The lowest BCUT2D eigenvalue weighted by molar-refractivity contribution is -0.114. The first-order valence-electron chi connectivity index (χ1n) is 7.85. The Morgan fingerprint density at radius 2 is 2.04 bits per heavy atom. The molecule has 0 radical (unpaired) electrons. The third-order valence-electron chi connectivity index (χ3n) is 3.71. The molecule has 0 spiro atoms. The number of sulfonamides is 1. The number of hydrogen-bond donors (Lipinski definition) is 0. The number of anilines is 1. The Bertz CT molecular complexity index is 829. The highest BCUT2D eigenvalue weighted by molar-refractivity contribution is 7.89. The molecule has 0 bridgehead atoms. The molecule has 0 fully saturated rings. The Hall–Kier alpha value is -2.03. The summed E-state index contributed by atoms with van der Waals surface area (Å²) in [4.78, 5) is 18.8. The van der Waals surface area contributed by atoms with Crippen molar-refractivity contribution in [2.75, 3.05) is 18.0 Å². The molecule has 0 unspecified atom stereocenters. The third kappa shape index (κ3) is 4.33. The van der Waals surface area contributed by atoms with E-state index in [0.29, 0.717) is 25.3 Å². The SMILES string of the molecule is C=CC(=O)N(Cc1cncs1)c1cccc(S(=O)(=O)N(CC)CC)c1. The van der Waals surface area contributed by atoms with Crippen molar-refractivity contribution in [1.29, 1.82) is 0 Å². The van der Waals surface area contributed by atoms with E-state index < -0.39 is 10.0 Å². The van der Waals surface area contributed by atoms with Gasteiger partial charge in [0.25, 0.3) is 5.91 Å². The molecule has 6 nitrogen and oxygen atoms in total. The number of nitrogens with zero attached hydrogens (tertiary/aromatic N) is 3. The Morgan fingerprint density at radius 1 is 1.32 bits per heavy atom. The van der Waals surface area contributed by atoms with Gasteiger partial charge in [0.15, 0.2) is 0 Å². The molecular weight excluding hydrogens is 358 g/mol. The summed E-state index contributed by atoms with van der Waals surface area (Å²) in [6, 6.07) is 6.42. The van der Waals surface area contributed by atoms with Gasteiger partial charge in [-0.3, -0.25) is 9.78 Å². The molecule has 0 aliphatic heterocycles. The van der Waals surface area contributed by atoms with Crippen LogP contribution in [0.2, 0.25) is 0 Å². The molecule has 2 rings (SSSR count). The number of rotatable bonds is 8. The van der Waals surface area contributed by atoms with Gasteiger partial charge in [0.1, 0.15) is 0 Å². The summed E-state index contributed by atoms with van der Waals surface area (Å²) in [5.41, 5.74) is 2.19. The maximum Gasteiger partial charge on any atom is 0.250 e. The minimum Gasteiger partial charge on any atom is -0.304 e. The number of benzene rings is 1. The van der Waals surface area contributed by atoms with Crippen LogP contribution in [0.15, 0.2) is 53.5 Å². The van der Waals surface area contributed by atoms with E-state index in [1.54, 1.807) is 43.8 Å². The van der Waals surface area contributed by atoms with Crippen molar-refractivity contribution in [2.45, 2.75) is 25.3 Å². The van der Waals surface area contributed by atoms with Crippen LogP contribution in [0.25, 0.3) is 0 Å². The van der Waals surface area contributed by atoms with Gasteiger partial charge in [-0.25, -0.2) is 8.42 Å². The molecule has 0 atom stereocenters. The number of amides is 1. The highest BCUT2D eigenvalue weighted by atomic mass is 32.2. The Kier molecular flexibility index (Phi) is 6.46. The number of thiazole rings is 1. The van der Waals surface area contributed by atoms with Gasteiger partial charge >= 0.3 is 0 Å². The fraction of sp³-hybridized carbons (Fsp3) is 0.294. The standard InChI is InChI=1S/C17H21N3O3S2/c1-4-17(21)20(12-15-11-18-13-24-15)14-8-7-9-16(10-14)25(22,23)19(5-2)6-3/h4,7-11,13H,1,5-6,12H2,2-3H3. The molecule has 1 aromatic heterocycles. The van der Waals surface area contributed by atoms with Crippen molar-refractivity contribution in [3.63, 3.8) is 0 Å². The highest BCUT2D eigenvalue weighted by Gasteiger charge is 2.23. The van der Waals surface area contributed by atoms with Crippen LogP contribution in [0, 0.1) is 0 Å². The summed E-state index contributed by atoms with van der Waals surface area (Å²) in [5.74, 6) is -0.300. The van der Waals surface area contributed by atoms with E-state index in [2.05, 4.69) is 11.6 Å². The molecule has 0 N–H and O–H groups in total. The molecule has 1 heterocycles. The summed E-state index contributed by atoms with van der Waals surface area (Å²) >= 11 is 1.43. The Balaban J connectivity index is 2.43. The van der Waals surface area contributed by atoms with E-state index in [0.717, 1.165) is 4.88 Å². The fourth-order valence-corrected chi connectivity index (χ4v) is 4.49. The average molecular weight is 380 g/mol. The number of carbonyl (C=O) groups excluding carboxylic acids is 1. The van der Waals surface area contributed by atoms with E-state index in [-0.39, 0.29) is 10.8 Å². The van der Waals surface area contributed by atoms with Crippen LogP contribution in [0.3, 0.4) is 0 Å². The van der Waals surface area contributed by atoms with E-state index in [1.165, 1.54) is 32.7 Å². The first-order chi connectivity index (χ1) is 11.9. The number of aromatic nitrogens is 1. The average Bonchev–Trinajstić information content (AvgIpc) is 3.13. The minimum absolute atomic E-state index is 0.167. The molecule has 0 aliphatic rings. The van der Waals surface area contributed by atoms with Crippen molar-refractivity contribution < 1.29 is 13.2 Å². The van der Waals surface area contributed by atoms with Gasteiger partial charge in [0.05, 0.1) is 17.0 Å². The first-order valence-corrected chi connectivity index (χ1v) is 10.2. The van der Waals surface area contributed by atoms with Gasteiger partial charge in [-0.15, -0.1) is 11.3 Å². The van der Waals surface area contributed by atoms with Crippen LogP contribution in [-0.2, 0) is 21.4 Å². The second kappa shape index (κ2) is 8.37. The van der Waals surface area contributed by atoms with E-state index in [9.17, 15) is 13.2 Å². The van der Waals surface area contributed by atoms with Gasteiger partial charge in [0.2, 0.25) is 10.0 Å². The van der Waals surface area contributed by atoms with Gasteiger partial charge in [-0.05, 0) is 24.3 Å². The van der Waals surface area contributed by atoms with E-state index in [4.69, 9.17) is 0 Å². The van der Waals surface area contributed by atoms with Crippen molar-refractivity contribution in [2.24, 2.45) is 0 Å². The monoisotopic (exact) mass is 379 g/mol. The smallest absolute Gasteiger partial charge is 0.250 e. The lowest BCUT2D eigenvalue weighted by Gasteiger charge is -2.23. The van der Waals surface area contributed by atoms with Crippen molar-refractivity contribution in [3.8, 4) is 0 Å². The highest BCUT2D eigenvalue weighted by Crippen LogP contribution is 2.24. The van der Waals surface area contributed by atoms with E-state index >= 15 is 0 Å². The fourth-order valence-electron chi connectivity index (χ4n) is 2.41. The Labute approximate surface area is 152 Å². The molecule has 8 heteroatoms. The van der Waals surface area contributed by atoms with Crippen molar-refractivity contribution >= 4 is 33.0 Å². The van der Waals surface area contributed by atoms with Gasteiger partial charge in [0, 0.05) is 29.9 Å². The number of hydrogen-bond acceptors (Lipinski definition) is 5. The van der Waals surface area contributed by atoms with Crippen LogP contribution in [-0.4, -0.2) is 36.7 Å². The molecule has 2 aromatic rings. The zero-order chi connectivity index (χ0) is 18.4. The molecule has 134 valence electrons. The van der Waals surface area contributed by atoms with Gasteiger partial charge in [-0.1, -0.05) is 26.5 Å². The molecule has 25 heavy (non-hydrogen) atoms. The second-order valence-electron chi connectivity index (χ2n) is 5.18. The number of carbonyl (C=O) groups is 1. The zero-order valence-electron chi connectivity index (χ0n) is 14.3. The quantitative estimate of drug-likeness (QED) is 0.661. The maximum absolute atomic E-state index is 12.7. The zero-order valence-corrected chi connectivity index (χ0v) is 15.9. The normalized spacial score (nSPS) is 11.5.